The second-order valence-electron chi connectivity index (χ2n) is 7.64. The van der Waals surface area contributed by atoms with Crippen LogP contribution in [0.25, 0.3) is 11.3 Å². The zero-order valence-electron chi connectivity index (χ0n) is 16.7. The van der Waals surface area contributed by atoms with Crippen molar-refractivity contribution in [3.05, 3.63) is 46.9 Å². The first-order valence-electron chi connectivity index (χ1n) is 9.96. The average Bonchev–Trinajstić information content (AvgIpc) is 3.27. The molecule has 4 rings (SSSR count). The van der Waals surface area contributed by atoms with Crippen LogP contribution in [0.4, 0.5) is 17.5 Å². The highest BCUT2D eigenvalue weighted by Gasteiger charge is 2.28. The number of hydrogen-bond donors (Lipinski definition) is 4. The number of nitrogens with two attached hydrogens (primary N) is 2. The van der Waals surface area contributed by atoms with Gasteiger partial charge < -0.3 is 22.1 Å². The standard InChI is InChI=1S/C21H25N7OS/c1-12-4-2-7-16(18(12)22)27-21-24-9-15(19(23)29)20(28-21)26-14-6-3-5-13(8-14)17-10-30-11-25-17/h3,5-6,8-12,16,18H,2,4,7,22H2,1H3,(H2,23,29)(H2,24,26,27,28)/t12?,16-,18+/m1/s1. The zero-order valence-corrected chi connectivity index (χ0v) is 17.5. The summed E-state index contributed by atoms with van der Waals surface area (Å²) in [5, 5.41) is 8.53. The smallest absolute Gasteiger partial charge is 0.254 e. The number of rotatable bonds is 6. The molecule has 2 aromatic heterocycles. The van der Waals surface area contributed by atoms with E-state index in [1.807, 2.05) is 29.6 Å². The van der Waals surface area contributed by atoms with Crippen LogP contribution in [-0.2, 0) is 0 Å². The van der Waals surface area contributed by atoms with Crippen LogP contribution >= 0.6 is 11.3 Å². The molecule has 1 aliphatic carbocycles. The van der Waals surface area contributed by atoms with E-state index in [0.29, 0.717) is 17.7 Å². The zero-order chi connectivity index (χ0) is 21.1. The van der Waals surface area contributed by atoms with Crippen LogP contribution in [0.2, 0.25) is 0 Å². The van der Waals surface area contributed by atoms with Crippen LogP contribution in [0, 0.1) is 5.92 Å². The third-order valence-electron chi connectivity index (χ3n) is 5.52. The molecule has 2 heterocycles. The van der Waals surface area contributed by atoms with Crippen LogP contribution < -0.4 is 22.1 Å². The summed E-state index contributed by atoms with van der Waals surface area (Å²) >= 11 is 1.54. The van der Waals surface area contributed by atoms with Crippen LogP contribution in [0.1, 0.15) is 36.5 Å². The molecule has 1 fully saturated rings. The van der Waals surface area contributed by atoms with Crippen molar-refractivity contribution < 1.29 is 4.79 Å². The molecule has 1 saturated carbocycles. The Hall–Kier alpha value is -3.04. The molecule has 1 amide bonds. The van der Waals surface area contributed by atoms with E-state index >= 15 is 0 Å². The second kappa shape index (κ2) is 8.76. The maximum Gasteiger partial charge on any atom is 0.254 e. The van der Waals surface area contributed by atoms with E-state index in [9.17, 15) is 4.79 Å². The highest BCUT2D eigenvalue weighted by molar-refractivity contribution is 7.07. The minimum atomic E-state index is -0.595. The number of hydrogen-bond acceptors (Lipinski definition) is 8. The lowest BCUT2D eigenvalue weighted by atomic mass is 9.83. The monoisotopic (exact) mass is 423 g/mol. The maximum absolute atomic E-state index is 11.9. The number of carbonyl (C=O) groups is 1. The van der Waals surface area contributed by atoms with Crippen molar-refractivity contribution in [1.29, 1.82) is 0 Å². The normalized spacial score (nSPS) is 21.2. The summed E-state index contributed by atoms with van der Waals surface area (Å²) in [6.07, 6.45) is 4.65. The Kier molecular flexibility index (Phi) is 5.91. The summed E-state index contributed by atoms with van der Waals surface area (Å²) in [6, 6.07) is 7.87. The van der Waals surface area contributed by atoms with Gasteiger partial charge in [-0.05, 0) is 30.9 Å². The van der Waals surface area contributed by atoms with Crippen molar-refractivity contribution >= 4 is 34.7 Å². The van der Waals surface area contributed by atoms with Gasteiger partial charge in [0.15, 0.2) is 0 Å². The van der Waals surface area contributed by atoms with Gasteiger partial charge in [0.2, 0.25) is 5.95 Å². The molecule has 1 aliphatic rings. The Morgan fingerprint density at radius 1 is 1.27 bits per heavy atom. The predicted molar refractivity (Wildman–Crippen MR) is 120 cm³/mol. The molecule has 0 radical (unpaired) electrons. The molecular weight excluding hydrogens is 398 g/mol. The molecule has 0 spiro atoms. The first-order chi connectivity index (χ1) is 14.5. The Morgan fingerprint density at radius 2 is 2.13 bits per heavy atom. The Labute approximate surface area is 179 Å². The second-order valence-corrected chi connectivity index (χ2v) is 8.35. The molecule has 0 saturated heterocycles. The third kappa shape index (κ3) is 4.42. The molecule has 8 nitrogen and oxygen atoms in total. The number of benzene rings is 1. The number of anilines is 3. The summed E-state index contributed by atoms with van der Waals surface area (Å²) in [5.41, 5.74) is 16.6. The van der Waals surface area contributed by atoms with E-state index < -0.39 is 5.91 Å². The molecular formula is C21H25N7OS. The number of aromatic nitrogens is 3. The summed E-state index contributed by atoms with van der Waals surface area (Å²) < 4.78 is 0. The van der Waals surface area contributed by atoms with Gasteiger partial charge in [-0.25, -0.2) is 9.97 Å². The highest BCUT2D eigenvalue weighted by atomic mass is 32.1. The van der Waals surface area contributed by atoms with Crippen LogP contribution in [0.15, 0.2) is 41.4 Å². The minimum Gasteiger partial charge on any atom is -0.365 e. The lowest BCUT2D eigenvalue weighted by Gasteiger charge is -2.34. The van der Waals surface area contributed by atoms with Gasteiger partial charge in [-0.3, -0.25) is 4.79 Å². The number of thiazole rings is 1. The van der Waals surface area contributed by atoms with Gasteiger partial charge in [0, 0.05) is 34.9 Å². The van der Waals surface area contributed by atoms with Gasteiger partial charge in [-0.15, -0.1) is 11.3 Å². The van der Waals surface area contributed by atoms with Crippen molar-refractivity contribution in [3.63, 3.8) is 0 Å². The van der Waals surface area contributed by atoms with Crippen LogP contribution in [-0.4, -0.2) is 32.9 Å². The van der Waals surface area contributed by atoms with Gasteiger partial charge in [-0.1, -0.05) is 25.5 Å². The van der Waals surface area contributed by atoms with E-state index in [4.69, 9.17) is 11.5 Å². The summed E-state index contributed by atoms with van der Waals surface area (Å²) in [7, 11) is 0. The van der Waals surface area contributed by atoms with E-state index in [0.717, 1.165) is 36.2 Å². The molecule has 0 aliphatic heterocycles. The van der Waals surface area contributed by atoms with Gasteiger partial charge in [-0.2, -0.15) is 4.98 Å². The van der Waals surface area contributed by atoms with Gasteiger partial charge in [0.25, 0.3) is 5.91 Å². The van der Waals surface area contributed by atoms with Gasteiger partial charge in [0.1, 0.15) is 11.4 Å². The van der Waals surface area contributed by atoms with Gasteiger partial charge >= 0.3 is 0 Å². The van der Waals surface area contributed by atoms with Crippen LogP contribution in [0.5, 0.6) is 0 Å². The largest absolute Gasteiger partial charge is 0.365 e. The molecule has 3 atom stereocenters. The molecule has 9 heteroatoms. The first kappa shape index (κ1) is 20.2. The van der Waals surface area contributed by atoms with E-state index in [1.165, 1.54) is 17.5 Å². The molecule has 1 unspecified atom stereocenters. The molecule has 156 valence electrons. The fourth-order valence-corrected chi connectivity index (χ4v) is 4.31. The SMILES string of the molecule is CC1CCC[C@@H](Nc2ncc(C(N)=O)c(Nc3cccc(-c4cscn4)c3)n2)[C@H]1N. The van der Waals surface area contributed by atoms with E-state index in [1.54, 1.807) is 5.51 Å². The van der Waals surface area contributed by atoms with Gasteiger partial charge in [0.05, 0.1) is 11.2 Å². The molecule has 30 heavy (non-hydrogen) atoms. The number of nitrogens with one attached hydrogen (secondary N) is 2. The number of carbonyl (C=O) groups excluding carboxylic acids is 1. The summed E-state index contributed by atoms with van der Waals surface area (Å²) in [5.74, 6) is 0.621. The van der Waals surface area contributed by atoms with E-state index in [-0.39, 0.29) is 17.6 Å². The predicted octanol–water partition coefficient (Wildman–Crippen LogP) is 3.37. The fourth-order valence-electron chi connectivity index (χ4n) is 3.75. The summed E-state index contributed by atoms with van der Waals surface area (Å²) in [4.78, 5) is 25.1. The Morgan fingerprint density at radius 3 is 2.90 bits per heavy atom. The fraction of sp³-hybridized carbons (Fsp3) is 0.333. The quantitative estimate of drug-likeness (QED) is 0.478. The van der Waals surface area contributed by atoms with Crippen molar-refractivity contribution in [2.75, 3.05) is 10.6 Å². The van der Waals surface area contributed by atoms with Crippen molar-refractivity contribution in [2.45, 2.75) is 38.3 Å². The van der Waals surface area contributed by atoms with Crippen molar-refractivity contribution in [3.8, 4) is 11.3 Å². The molecule has 1 aromatic carbocycles. The molecule has 6 N–H and O–H groups in total. The Bertz CT molecular complexity index is 1020. The molecule has 3 aromatic rings. The lowest BCUT2D eigenvalue weighted by Crippen LogP contribution is -2.47. The van der Waals surface area contributed by atoms with E-state index in [2.05, 4.69) is 32.5 Å². The minimum absolute atomic E-state index is 0.0318. The molecule has 0 bridgehead atoms. The Balaban J connectivity index is 1.59. The highest BCUT2D eigenvalue weighted by Crippen LogP contribution is 2.27. The number of nitrogens with zero attached hydrogens (tertiary/aromatic N) is 3. The lowest BCUT2D eigenvalue weighted by molar-refractivity contribution is 0.100. The van der Waals surface area contributed by atoms with Crippen LogP contribution in [0.3, 0.4) is 0 Å². The van der Waals surface area contributed by atoms with Crippen molar-refractivity contribution in [1.82, 2.24) is 15.0 Å². The van der Waals surface area contributed by atoms with Crippen molar-refractivity contribution in [2.24, 2.45) is 17.4 Å². The summed E-state index contributed by atoms with van der Waals surface area (Å²) in [6.45, 7) is 2.16. The first-order valence-corrected chi connectivity index (χ1v) is 10.9. The number of amides is 1. The number of primary amides is 1. The topological polar surface area (TPSA) is 132 Å². The average molecular weight is 424 g/mol. The third-order valence-corrected chi connectivity index (χ3v) is 6.10. The maximum atomic E-state index is 11.9.